The van der Waals surface area contributed by atoms with E-state index in [1.807, 2.05) is 4.90 Å². The van der Waals surface area contributed by atoms with E-state index in [0.717, 1.165) is 45.5 Å². The molecule has 5 aliphatic rings. The number of carbonyl (C=O) groups excluding carboxylic acids is 1. The normalized spacial score (nSPS) is 40.1. The van der Waals surface area contributed by atoms with Crippen LogP contribution in [0.5, 0.6) is 0 Å². The van der Waals surface area contributed by atoms with Crippen molar-refractivity contribution >= 4 is 6.09 Å². The molecule has 1 spiro atoms. The Hall–Kier alpha value is -1.15. The van der Waals surface area contributed by atoms with Gasteiger partial charge in [0.1, 0.15) is 23.4 Å². The fourth-order valence-corrected chi connectivity index (χ4v) is 6.72. The van der Waals surface area contributed by atoms with Crippen molar-refractivity contribution in [3.63, 3.8) is 0 Å². The van der Waals surface area contributed by atoms with E-state index in [1.54, 1.807) is 7.11 Å². The van der Waals surface area contributed by atoms with Crippen LogP contribution in [0, 0.1) is 11.8 Å². The molecule has 1 aliphatic carbocycles. The molecule has 1 saturated carbocycles. The highest BCUT2D eigenvalue weighted by Crippen LogP contribution is 2.59. The molecular weight excluding hydrogens is 432 g/mol. The summed E-state index contributed by atoms with van der Waals surface area (Å²) in [7, 11) is 1.73. The molecule has 5 rings (SSSR count). The van der Waals surface area contributed by atoms with E-state index in [9.17, 15) is 4.79 Å². The average molecular weight is 477 g/mol. The summed E-state index contributed by atoms with van der Waals surface area (Å²) >= 11 is 0. The van der Waals surface area contributed by atoms with Crippen molar-refractivity contribution < 1.29 is 23.7 Å². The fraction of sp³-hybridized carbons (Fsp3) is 0.889. The second-order valence-electron chi connectivity index (χ2n) is 11.8. The van der Waals surface area contributed by atoms with Crippen LogP contribution in [0.2, 0.25) is 0 Å². The monoisotopic (exact) mass is 476 g/mol. The third kappa shape index (κ3) is 4.91. The molecule has 0 N–H and O–H groups in total. The Morgan fingerprint density at radius 3 is 2.56 bits per heavy atom. The Morgan fingerprint density at radius 1 is 1.18 bits per heavy atom. The number of carbonyl (C=O) groups is 1. The number of epoxide rings is 2. The van der Waals surface area contributed by atoms with Gasteiger partial charge in [0.15, 0.2) is 0 Å². The van der Waals surface area contributed by atoms with Crippen LogP contribution in [0.3, 0.4) is 0 Å². The lowest BCUT2D eigenvalue weighted by Gasteiger charge is -2.44. The van der Waals surface area contributed by atoms with E-state index in [4.69, 9.17) is 18.9 Å². The molecule has 0 aromatic heterocycles. The molecule has 0 radical (unpaired) electrons. The molecule has 0 aromatic carbocycles. The molecule has 7 nitrogen and oxygen atoms in total. The second-order valence-corrected chi connectivity index (χ2v) is 11.8. The number of rotatable bonds is 8. The van der Waals surface area contributed by atoms with Gasteiger partial charge in [-0.2, -0.15) is 0 Å². The summed E-state index contributed by atoms with van der Waals surface area (Å²) in [6.07, 6.45) is 9.54. The van der Waals surface area contributed by atoms with Crippen LogP contribution >= 0.6 is 0 Å². The highest BCUT2D eigenvalue weighted by molar-refractivity contribution is 5.69. The van der Waals surface area contributed by atoms with Crippen molar-refractivity contribution in [3.8, 4) is 0 Å². The number of hydrogen-bond acceptors (Lipinski definition) is 6. The molecule has 6 atom stereocenters. The maximum atomic E-state index is 13.0. The van der Waals surface area contributed by atoms with Gasteiger partial charge in [-0.25, -0.2) is 4.79 Å². The van der Waals surface area contributed by atoms with Crippen molar-refractivity contribution in [2.75, 3.05) is 46.4 Å². The highest BCUT2D eigenvalue weighted by Gasteiger charge is 2.72. The van der Waals surface area contributed by atoms with Gasteiger partial charge in [-0.3, -0.25) is 0 Å². The Morgan fingerprint density at radius 2 is 1.91 bits per heavy atom. The van der Waals surface area contributed by atoms with E-state index in [0.29, 0.717) is 5.92 Å². The van der Waals surface area contributed by atoms with E-state index in [1.165, 1.54) is 44.3 Å². The smallest absolute Gasteiger partial charge is 0.410 e. The number of likely N-dealkylation sites (tertiary alicyclic amines) is 2. The minimum absolute atomic E-state index is 0.0702. The summed E-state index contributed by atoms with van der Waals surface area (Å²) in [5.74, 6) is 0.672. The Bertz CT molecular complexity index is 767. The number of ether oxygens (including phenoxy) is 4. The molecule has 0 bridgehead atoms. The molecule has 5 fully saturated rings. The summed E-state index contributed by atoms with van der Waals surface area (Å²) in [6.45, 7) is 12.4. The van der Waals surface area contributed by atoms with Crippen LogP contribution in [0.15, 0.2) is 11.6 Å². The lowest BCUT2D eigenvalue weighted by Crippen LogP contribution is -2.57. The number of amides is 1. The summed E-state index contributed by atoms with van der Waals surface area (Å²) in [5.41, 5.74) is 0.816. The fourth-order valence-electron chi connectivity index (χ4n) is 6.72. The summed E-state index contributed by atoms with van der Waals surface area (Å²) in [5, 5.41) is 0. The molecule has 34 heavy (non-hydrogen) atoms. The van der Waals surface area contributed by atoms with Gasteiger partial charge in [0.2, 0.25) is 0 Å². The third-order valence-corrected chi connectivity index (χ3v) is 9.01. The SMILES string of the molecule is CO[C@H]1C([C@@]2(C)O[C@@H]2CC=C(C)C)[C@]2(CC[C@H]1OC(=O)N1CC(CCN3CCCCC3)C1)CO2. The van der Waals surface area contributed by atoms with Crippen LogP contribution < -0.4 is 0 Å². The van der Waals surface area contributed by atoms with Crippen LogP contribution in [0.1, 0.15) is 65.7 Å². The van der Waals surface area contributed by atoms with E-state index in [-0.39, 0.29) is 41.5 Å². The first-order valence-corrected chi connectivity index (χ1v) is 13.5. The highest BCUT2D eigenvalue weighted by atomic mass is 16.6. The van der Waals surface area contributed by atoms with Crippen LogP contribution in [-0.2, 0) is 18.9 Å². The number of nitrogens with zero attached hydrogens (tertiary/aromatic N) is 2. The number of piperidine rings is 1. The zero-order chi connectivity index (χ0) is 23.9. The largest absolute Gasteiger partial charge is 0.443 e. The van der Waals surface area contributed by atoms with Crippen molar-refractivity contribution in [2.24, 2.45) is 11.8 Å². The van der Waals surface area contributed by atoms with Gasteiger partial charge in [0.25, 0.3) is 0 Å². The molecule has 1 unspecified atom stereocenters. The van der Waals surface area contributed by atoms with Crippen molar-refractivity contribution in [1.82, 2.24) is 9.80 Å². The topological polar surface area (TPSA) is 67.1 Å². The van der Waals surface area contributed by atoms with Gasteiger partial charge < -0.3 is 28.7 Å². The molecule has 1 amide bonds. The van der Waals surface area contributed by atoms with Gasteiger partial charge >= 0.3 is 6.09 Å². The Kier molecular flexibility index (Phi) is 7.01. The first-order valence-electron chi connectivity index (χ1n) is 13.5. The van der Waals surface area contributed by atoms with Crippen molar-refractivity contribution in [2.45, 2.75) is 95.2 Å². The minimum atomic E-state index is -0.301. The standard InChI is InChI=1S/C27H44N2O5/c1-19(2)8-9-22-26(3,34-22)24-23(31-4)21(10-12-27(24)18-32-27)33-25(30)29-16-20(17-29)11-15-28-13-6-5-7-14-28/h8,20-24H,5-7,9-18H2,1-4H3/t21-,22-,23-,24?,26+,27+/m1/s1. The van der Waals surface area contributed by atoms with Gasteiger partial charge in [-0.15, -0.1) is 0 Å². The van der Waals surface area contributed by atoms with Crippen LogP contribution in [0.25, 0.3) is 0 Å². The minimum Gasteiger partial charge on any atom is -0.443 e. The lowest BCUT2D eigenvalue weighted by molar-refractivity contribution is -0.124. The zero-order valence-corrected chi connectivity index (χ0v) is 21.6. The number of methoxy groups -OCH3 is 1. The Labute approximate surface area is 205 Å². The zero-order valence-electron chi connectivity index (χ0n) is 21.6. The summed E-state index contributed by atoms with van der Waals surface area (Å²) < 4.78 is 24.4. The third-order valence-electron chi connectivity index (χ3n) is 9.01. The van der Waals surface area contributed by atoms with E-state index in [2.05, 4.69) is 31.7 Å². The van der Waals surface area contributed by atoms with Gasteiger partial charge in [-0.1, -0.05) is 18.1 Å². The number of allylic oxidation sites excluding steroid dienone is 1. The first kappa shape index (κ1) is 24.5. The summed E-state index contributed by atoms with van der Waals surface area (Å²) in [6, 6.07) is 0. The molecule has 192 valence electrons. The van der Waals surface area contributed by atoms with Gasteiger partial charge in [0.05, 0.1) is 18.6 Å². The van der Waals surface area contributed by atoms with E-state index >= 15 is 0 Å². The summed E-state index contributed by atoms with van der Waals surface area (Å²) in [4.78, 5) is 17.4. The maximum absolute atomic E-state index is 13.0. The molecule has 4 heterocycles. The lowest BCUT2D eigenvalue weighted by atomic mass is 9.68. The Balaban J connectivity index is 1.14. The second kappa shape index (κ2) is 9.72. The first-order chi connectivity index (χ1) is 16.3. The molecule has 7 heteroatoms. The predicted molar refractivity (Wildman–Crippen MR) is 130 cm³/mol. The molecule has 4 aliphatic heterocycles. The molecule has 0 aromatic rings. The van der Waals surface area contributed by atoms with Crippen LogP contribution in [0.4, 0.5) is 4.79 Å². The van der Waals surface area contributed by atoms with Crippen molar-refractivity contribution in [1.29, 1.82) is 0 Å². The molecule has 4 saturated heterocycles. The number of hydrogen-bond donors (Lipinski definition) is 0. The average Bonchev–Trinajstić information content (AvgIpc) is 3.70. The molecular formula is C27H44N2O5. The van der Waals surface area contributed by atoms with Gasteiger partial charge in [-0.05, 0) is 84.8 Å². The van der Waals surface area contributed by atoms with Gasteiger partial charge in [0, 0.05) is 20.2 Å². The quantitative estimate of drug-likeness (QED) is 0.390. The predicted octanol–water partition coefficient (Wildman–Crippen LogP) is 4.01. The maximum Gasteiger partial charge on any atom is 0.410 e. The van der Waals surface area contributed by atoms with Crippen LogP contribution in [-0.4, -0.2) is 91.8 Å². The van der Waals surface area contributed by atoms with Crippen molar-refractivity contribution in [3.05, 3.63) is 11.6 Å². The van der Waals surface area contributed by atoms with E-state index < -0.39 is 0 Å².